The third-order valence-electron chi connectivity index (χ3n) is 3.33. The standard InChI is InChI=1S/C12H16N2O5S/c1-14(9-4-5-19-7-9)20(17,18)11-3-2-8(12(15)16)6-10(11)13/h2-3,6,9H,4-5,7,13H2,1H3,(H,15,16). The SMILES string of the molecule is CN(C1CCOC1)S(=O)(=O)c1ccc(C(=O)O)cc1N. The van der Waals surface area contributed by atoms with Crippen molar-refractivity contribution in [2.45, 2.75) is 17.4 Å². The van der Waals surface area contributed by atoms with Crippen LogP contribution >= 0.6 is 0 Å². The largest absolute Gasteiger partial charge is 0.478 e. The number of sulfonamides is 1. The molecule has 110 valence electrons. The van der Waals surface area contributed by atoms with Crippen molar-refractivity contribution in [2.24, 2.45) is 0 Å². The summed E-state index contributed by atoms with van der Waals surface area (Å²) in [6.07, 6.45) is 0.628. The first-order valence-corrected chi connectivity index (χ1v) is 7.46. The van der Waals surface area contributed by atoms with Gasteiger partial charge in [-0.05, 0) is 24.6 Å². The highest BCUT2D eigenvalue weighted by Crippen LogP contribution is 2.26. The lowest BCUT2D eigenvalue weighted by atomic mass is 10.2. The molecule has 0 radical (unpaired) electrons. The van der Waals surface area contributed by atoms with Gasteiger partial charge in [0.15, 0.2) is 0 Å². The minimum absolute atomic E-state index is 0.0479. The third kappa shape index (κ3) is 2.62. The lowest BCUT2D eigenvalue weighted by molar-refractivity contribution is 0.0697. The maximum absolute atomic E-state index is 12.5. The average Bonchev–Trinajstić information content (AvgIpc) is 2.90. The van der Waals surface area contributed by atoms with E-state index in [4.69, 9.17) is 15.6 Å². The summed E-state index contributed by atoms with van der Waals surface area (Å²) in [7, 11) is -2.29. The van der Waals surface area contributed by atoms with Crippen LogP contribution < -0.4 is 5.73 Å². The molecule has 7 nitrogen and oxygen atoms in total. The molecule has 0 aliphatic carbocycles. The van der Waals surface area contributed by atoms with E-state index in [2.05, 4.69) is 0 Å². The molecule has 2 rings (SSSR count). The van der Waals surface area contributed by atoms with Crippen LogP contribution in [0.4, 0.5) is 5.69 Å². The summed E-state index contributed by atoms with van der Waals surface area (Å²) in [4.78, 5) is 10.7. The van der Waals surface area contributed by atoms with E-state index in [9.17, 15) is 13.2 Å². The van der Waals surface area contributed by atoms with E-state index in [1.165, 1.54) is 23.5 Å². The van der Waals surface area contributed by atoms with E-state index in [1.54, 1.807) is 0 Å². The monoisotopic (exact) mass is 300 g/mol. The summed E-state index contributed by atoms with van der Waals surface area (Å²) >= 11 is 0. The number of nitrogens with two attached hydrogens (primary N) is 1. The predicted molar refractivity (Wildman–Crippen MR) is 72.0 cm³/mol. The van der Waals surface area contributed by atoms with Crippen LogP contribution in [0.5, 0.6) is 0 Å². The zero-order valence-corrected chi connectivity index (χ0v) is 11.8. The number of hydrogen-bond acceptors (Lipinski definition) is 5. The molecule has 8 heteroatoms. The molecule has 0 saturated carbocycles. The van der Waals surface area contributed by atoms with Gasteiger partial charge in [0.05, 0.1) is 23.9 Å². The first-order valence-electron chi connectivity index (χ1n) is 6.02. The van der Waals surface area contributed by atoms with Gasteiger partial charge < -0.3 is 15.6 Å². The molecule has 1 aliphatic heterocycles. The Morgan fingerprint density at radius 2 is 2.20 bits per heavy atom. The second-order valence-corrected chi connectivity index (χ2v) is 6.56. The molecule has 0 bridgehead atoms. The summed E-state index contributed by atoms with van der Waals surface area (Å²) < 4.78 is 31.3. The van der Waals surface area contributed by atoms with Crippen LogP contribution in [0.3, 0.4) is 0 Å². The van der Waals surface area contributed by atoms with Gasteiger partial charge in [-0.15, -0.1) is 0 Å². The number of hydrogen-bond donors (Lipinski definition) is 2. The Hall–Kier alpha value is -1.64. The van der Waals surface area contributed by atoms with Gasteiger partial charge in [0, 0.05) is 13.7 Å². The van der Waals surface area contributed by atoms with E-state index in [1.807, 2.05) is 0 Å². The smallest absolute Gasteiger partial charge is 0.335 e. The fourth-order valence-electron chi connectivity index (χ4n) is 2.08. The first kappa shape index (κ1) is 14.8. The van der Waals surface area contributed by atoms with Crippen LogP contribution in [0.1, 0.15) is 16.8 Å². The maximum Gasteiger partial charge on any atom is 0.335 e. The van der Waals surface area contributed by atoms with Crippen LogP contribution in [0, 0.1) is 0 Å². The Kier molecular flexibility index (Phi) is 3.98. The Morgan fingerprint density at radius 1 is 1.50 bits per heavy atom. The van der Waals surface area contributed by atoms with Gasteiger partial charge in [0.2, 0.25) is 10.0 Å². The van der Waals surface area contributed by atoms with E-state index < -0.39 is 16.0 Å². The van der Waals surface area contributed by atoms with Gasteiger partial charge in [-0.3, -0.25) is 0 Å². The lowest BCUT2D eigenvalue weighted by Gasteiger charge is -2.23. The number of benzene rings is 1. The average molecular weight is 300 g/mol. The Labute approximate surface area is 117 Å². The van der Waals surface area contributed by atoms with Gasteiger partial charge in [-0.2, -0.15) is 4.31 Å². The molecule has 1 atom stereocenters. The van der Waals surface area contributed by atoms with Crippen molar-refractivity contribution in [3.8, 4) is 0 Å². The predicted octanol–water partition coefficient (Wildman–Crippen LogP) is 0.376. The van der Waals surface area contributed by atoms with Crippen LogP contribution in [-0.4, -0.2) is 50.1 Å². The first-order chi connectivity index (χ1) is 9.34. The number of nitrogens with zero attached hydrogens (tertiary/aromatic N) is 1. The molecule has 0 amide bonds. The minimum atomic E-state index is -3.76. The second-order valence-electron chi connectivity index (χ2n) is 4.60. The van der Waals surface area contributed by atoms with Crippen molar-refractivity contribution in [1.29, 1.82) is 0 Å². The Bertz CT molecular complexity index is 623. The molecular formula is C12H16N2O5S. The van der Waals surface area contributed by atoms with Gasteiger partial charge >= 0.3 is 5.97 Å². The van der Waals surface area contributed by atoms with Crippen molar-refractivity contribution < 1.29 is 23.1 Å². The minimum Gasteiger partial charge on any atom is -0.478 e. The van der Waals surface area contributed by atoms with Gasteiger partial charge in [-0.1, -0.05) is 0 Å². The maximum atomic E-state index is 12.5. The molecule has 3 N–H and O–H groups in total. The summed E-state index contributed by atoms with van der Waals surface area (Å²) in [6, 6.07) is 3.37. The quantitative estimate of drug-likeness (QED) is 0.778. The van der Waals surface area contributed by atoms with Crippen molar-refractivity contribution in [3.63, 3.8) is 0 Å². The second kappa shape index (κ2) is 5.39. The number of likely N-dealkylation sites (N-methyl/N-ethyl adjacent to an activating group) is 1. The van der Waals surface area contributed by atoms with Crippen LogP contribution in [0.25, 0.3) is 0 Å². The Balaban J connectivity index is 2.36. The number of carbonyl (C=O) groups is 1. The number of carboxylic acid groups (broad SMARTS) is 1. The third-order valence-corrected chi connectivity index (χ3v) is 5.32. The lowest BCUT2D eigenvalue weighted by Crippen LogP contribution is -2.37. The van der Waals surface area contributed by atoms with Gasteiger partial charge in [0.25, 0.3) is 0 Å². The molecule has 1 aromatic rings. The normalized spacial score (nSPS) is 19.4. The van der Waals surface area contributed by atoms with Crippen LogP contribution in [0.15, 0.2) is 23.1 Å². The number of nitrogen functional groups attached to an aromatic ring is 1. The number of ether oxygens (including phenoxy) is 1. The molecule has 0 aromatic heterocycles. The van der Waals surface area contributed by atoms with E-state index >= 15 is 0 Å². The van der Waals surface area contributed by atoms with Gasteiger partial charge in [-0.25, -0.2) is 13.2 Å². The molecular weight excluding hydrogens is 284 g/mol. The van der Waals surface area contributed by atoms with Crippen molar-refractivity contribution in [2.75, 3.05) is 26.0 Å². The molecule has 1 unspecified atom stereocenters. The summed E-state index contributed by atoms with van der Waals surface area (Å²) in [5.74, 6) is -1.15. The number of aromatic carboxylic acids is 1. The summed E-state index contributed by atoms with van der Waals surface area (Å²) in [5, 5.41) is 8.85. The van der Waals surface area contributed by atoms with Crippen molar-refractivity contribution in [1.82, 2.24) is 4.31 Å². The molecule has 1 fully saturated rings. The molecule has 20 heavy (non-hydrogen) atoms. The number of anilines is 1. The highest BCUT2D eigenvalue weighted by molar-refractivity contribution is 7.89. The highest BCUT2D eigenvalue weighted by atomic mass is 32.2. The zero-order valence-electron chi connectivity index (χ0n) is 10.9. The molecule has 1 saturated heterocycles. The number of carboxylic acids is 1. The van der Waals surface area contributed by atoms with Gasteiger partial charge in [0.1, 0.15) is 4.90 Å². The molecule has 1 aromatic carbocycles. The zero-order chi connectivity index (χ0) is 14.9. The van der Waals surface area contributed by atoms with E-state index in [0.717, 1.165) is 6.07 Å². The van der Waals surface area contributed by atoms with E-state index in [0.29, 0.717) is 19.6 Å². The fourth-order valence-corrected chi connectivity index (χ4v) is 3.54. The Morgan fingerprint density at radius 3 is 2.70 bits per heavy atom. The fraction of sp³-hybridized carbons (Fsp3) is 0.417. The molecule has 1 aliphatic rings. The number of rotatable bonds is 4. The van der Waals surface area contributed by atoms with Crippen LogP contribution in [-0.2, 0) is 14.8 Å². The van der Waals surface area contributed by atoms with E-state index in [-0.39, 0.29) is 22.2 Å². The summed E-state index contributed by atoms with van der Waals surface area (Å²) in [5.41, 5.74) is 5.56. The summed E-state index contributed by atoms with van der Waals surface area (Å²) in [6.45, 7) is 0.876. The van der Waals surface area contributed by atoms with Crippen molar-refractivity contribution in [3.05, 3.63) is 23.8 Å². The molecule has 0 spiro atoms. The van der Waals surface area contributed by atoms with Crippen LogP contribution in [0.2, 0.25) is 0 Å². The van der Waals surface area contributed by atoms with Crippen molar-refractivity contribution >= 4 is 21.7 Å². The molecule has 1 heterocycles. The highest BCUT2D eigenvalue weighted by Gasteiger charge is 2.32. The topological polar surface area (TPSA) is 110 Å².